The number of benzene rings is 1. The van der Waals surface area contributed by atoms with Crippen molar-refractivity contribution in [2.75, 3.05) is 11.1 Å². The van der Waals surface area contributed by atoms with Gasteiger partial charge in [0.25, 0.3) is 0 Å². The lowest BCUT2D eigenvalue weighted by atomic mass is 9.86. The number of carbonyl (C=O) groups excluding carboxylic acids is 1. The van der Waals surface area contributed by atoms with Gasteiger partial charge < -0.3 is 9.88 Å². The Balaban J connectivity index is 1.27. The molecule has 2 aromatic heterocycles. The molecule has 8 heteroatoms. The maximum Gasteiger partial charge on any atom is 0.236 e. The van der Waals surface area contributed by atoms with Crippen LogP contribution in [0.3, 0.4) is 0 Å². The largest absolute Gasteiger partial charge is 0.309 e. The molecule has 4 rings (SSSR count). The van der Waals surface area contributed by atoms with Crippen LogP contribution >= 0.6 is 23.1 Å². The number of amides is 1. The highest BCUT2D eigenvalue weighted by Gasteiger charge is 2.17. The molecule has 0 saturated heterocycles. The van der Waals surface area contributed by atoms with Crippen molar-refractivity contribution in [1.82, 2.24) is 19.7 Å². The maximum absolute atomic E-state index is 12.5. The summed E-state index contributed by atoms with van der Waals surface area (Å²) in [6.07, 6.45) is 8.96. The molecule has 1 N–H and O–H groups in total. The zero-order chi connectivity index (χ0) is 22.5. The molecule has 170 valence electrons. The van der Waals surface area contributed by atoms with E-state index in [1.807, 2.05) is 17.0 Å². The van der Waals surface area contributed by atoms with Crippen LogP contribution in [0.15, 0.2) is 28.7 Å². The average molecular weight is 470 g/mol. The van der Waals surface area contributed by atoms with E-state index >= 15 is 0 Å². The van der Waals surface area contributed by atoms with Gasteiger partial charge in [-0.1, -0.05) is 56.0 Å². The molecule has 6 nitrogen and oxygen atoms in total. The Bertz CT molecular complexity index is 1070. The van der Waals surface area contributed by atoms with E-state index in [9.17, 15) is 4.79 Å². The molecule has 32 heavy (non-hydrogen) atoms. The predicted octanol–water partition coefficient (Wildman–Crippen LogP) is 5.80. The van der Waals surface area contributed by atoms with Gasteiger partial charge in [0, 0.05) is 24.4 Å². The Morgan fingerprint density at radius 3 is 2.78 bits per heavy atom. The van der Waals surface area contributed by atoms with Gasteiger partial charge in [0.15, 0.2) is 10.3 Å². The third-order valence-corrected chi connectivity index (χ3v) is 8.09. The maximum atomic E-state index is 12.5. The number of aryl methyl sites for hydroxylation is 3. The molecule has 0 unspecified atom stereocenters. The van der Waals surface area contributed by atoms with Gasteiger partial charge in [-0.15, -0.1) is 21.5 Å². The van der Waals surface area contributed by atoms with Crippen molar-refractivity contribution in [2.24, 2.45) is 13.0 Å². The van der Waals surface area contributed by atoms with Crippen LogP contribution in [-0.4, -0.2) is 31.4 Å². The average Bonchev–Trinajstić information content (AvgIpc) is 3.40. The lowest BCUT2D eigenvalue weighted by Crippen LogP contribution is -2.14. The smallest absolute Gasteiger partial charge is 0.236 e. The van der Waals surface area contributed by atoms with Crippen LogP contribution in [-0.2, 0) is 18.3 Å². The molecule has 0 aliphatic heterocycles. The summed E-state index contributed by atoms with van der Waals surface area (Å²) in [5.41, 5.74) is 4.45. The van der Waals surface area contributed by atoms with E-state index in [4.69, 9.17) is 0 Å². The molecule has 3 aromatic rings. The van der Waals surface area contributed by atoms with E-state index in [0.717, 1.165) is 34.6 Å². The highest BCUT2D eigenvalue weighted by Crippen LogP contribution is 2.28. The molecule has 2 heterocycles. The minimum Gasteiger partial charge on any atom is -0.309 e. The number of nitrogens with zero attached hydrogens (tertiary/aromatic N) is 4. The topological polar surface area (TPSA) is 72.7 Å². The fourth-order valence-electron chi connectivity index (χ4n) is 4.15. The molecule has 0 spiro atoms. The second-order valence-corrected chi connectivity index (χ2v) is 10.5. The molecule has 1 saturated carbocycles. The molecular weight excluding hydrogens is 438 g/mol. The Labute approximate surface area is 198 Å². The van der Waals surface area contributed by atoms with Gasteiger partial charge in [-0.05, 0) is 43.4 Å². The van der Waals surface area contributed by atoms with Crippen molar-refractivity contribution in [3.63, 3.8) is 0 Å². The number of hydrogen-bond acceptors (Lipinski definition) is 6. The summed E-state index contributed by atoms with van der Waals surface area (Å²) >= 11 is 2.86. The minimum absolute atomic E-state index is 0.0808. The minimum atomic E-state index is -0.0808. The molecule has 1 amide bonds. The first-order valence-corrected chi connectivity index (χ1v) is 13.2. The Kier molecular flexibility index (Phi) is 7.63. The first-order chi connectivity index (χ1) is 15.5. The second kappa shape index (κ2) is 10.6. The standard InChI is InChI=1S/C24H31N5OS2/c1-16-9-11-19(13-17(16)2)20-14-31-23(25-20)26-22(30)15-32-24-28-27-21(29(24)3)12-10-18-7-5-4-6-8-18/h9,11,13-14,18H,4-8,10,12,15H2,1-3H3,(H,25,26,30). The van der Waals surface area contributed by atoms with E-state index in [0.29, 0.717) is 5.13 Å². The Morgan fingerprint density at radius 1 is 1.19 bits per heavy atom. The number of nitrogens with one attached hydrogen (secondary N) is 1. The highest BCUT2D eigenvalue weighted by molar-refractivity contribution is 7.99. The number of aromatic nitrogens is 4. The summed E-state index contributed by atoms with van der Waals surface area (Å²) in [5.74, 6) is 2.04. The summed E-state index contributed by atoms with van der Waals surface area (Å²) in [4.78, 5) is 17.0. The third-order valence-electron chi connectivity index (χ3n) is 6.31. The molecule has 0 bridgehead atoms. The fraction of sp³-hybridized carbons (Fsp3) is 0.500. The van der Waals surface area contributed by atoms with Gasteiger partial charge in [-0.2, -0.15) is 0 Å². The molecule has 1 fully saturated rings. The predicted molar refractivity (Wildman–Crippen MR) is 132 cm³/mol. The fourth-order valence-corrected chi connectivity index (χ4v) is 5.61. The van der Waals surface area contributed by atoms with Crippen molar-refractivity contribution in [3.05, 3.63) is 40.5 Å². The van der Waals surface area contributed by atoms with Crippen molar-refractivity contribution < 1.29 is 4.79 Å². The van der Waals surface area contributed by atoms with E-state index in [1.165, 1.54) is 72.8 Å². The number of thiazole rings is 1. The zero-order valence-corrected chi connectivity index (χ0v) is 20.7. The third kappa shape index (κ3) is 5.78. The summed E-state index contributed by atoms with van der Waals surface area (Å²) in [7, 11) is 1.99. The van der Waals surface area contributed by atoms with E-state index < -0.39 is 0 Å². The van der Waals surface area contributed by atoms with E-state index in [2.05, 4.69) is 52.5 Å². The van der Waals surface area contributed by atoms with Crippen molar-refractivity contribution in [2.45, 2.75) is 63.9 Å². The molecule has 0 radical (unpaired) electrons. The Hall–Kier alpha value is -2.19. The van der Waals surface area contributed by atoms with E-state index in [-0.39, 0.29) is 11.7 Å². The SMILES string of the molecule is Cc1ccc(-c2csc(NC(=O)CSc3nnc(CCC4CCCCC4)n3C)n2)cc1C. The molecule has 1 aromatic carbocycles. The highest BCUT2D eigenvalue weighted by atomic mass is 32.2. The summed E-state index contributed by atoms with van der Waals surface area (Å²) in [6.45, 7) is 4.19. The van der Waals surface area contributed by atoms with Gasteiger partial charge in [-0.25, -0.2) is 4.98 Å². The number of carbonyl (C=O) groups is 1. The van der Waals surface area contributed by atoms with Crippen LogP contribution in [0.2, 0.25) is 0 Å². The van der Waals surface area contributed by atoms with Crippen molar-refractivity contribution in [3.8, 4) is 11.3 Å². The monoisotopic (exact) mass is 469 g/mol. The van der Waals surface area contributed by atoms with Crippen molar-refractivity contribution >= 4 is 34.1 Å². The van der Waals surface area contributed by atoms with Crippen LogP contribution < -0.4 is 5.32 Å². The summed E-state index contributed by atoms with van der Waals surface area (Å²) < 4.78 is 2.03. The first kappa shape index (κ1) is 23.0. The van der Waals surface area contributed by atoms with Gasteiger partial charge >= 0.3 is 0 Å². The Morgan fingerprint density at radius 2 is 2.00 bits per heavy atom. The van der Waals surface area contributed by atoms with Crippen LogP contribution in [0.1, 0.15) is 55.5 Å². The van der Waals surface area contributed by atoms with Gasteiger partial charge in [0.2, 0.25) is 5.91 Å². The van der Waals surface area contributed by atoms with Gasteiger partial charge in [-0.3, -0.25) is 4.79 Å². The number of hydrogen-bond donors (Lipinski definition) is 1. The number of thioether (sulfide) groups is 1. The van der Waals surface area contributed by atoms with Gasteiger partial charge in [0.1, 0.15) is 5.82 Å². The molecular formula is C24H31N5OS2. The van der Waals surface area contributed by atoms with Crippen LogP contribution in [0.25, 0.3) is 11.3 Å². The number of anilines is 1. The van der Waals surface area contributed by atoms with Crippen LogP contribution in [0, 0.1) is 19.8 Å². The molecule has 1 aliphatic rings. The van der Waals surface area contributed by atoms with E-state index in [1.54, 1.807) is 0 Å². The lowest BCUT2D eigenvalue weighted by Gasteiger charge is -2.20. The quantitative estimate of drug-likeness (QED) is 0.422. The zero-order valence-electron chi connectivity index (χ0n) is 19.1. The first-order valence-electron chi connectivity index (χ1n) is 11.3. The van der Waals surface area contributed by atoms with Gasteiger partial charge in [0.05, 0.1) is 11.4 Å². The molecule has 0 atom stereocenters. The summed E-state index contributed by atoms with van der Waals surface area (Å²) in [6, 6.07) is 6.30. The lowest BCUT2D eigenvalue weighted by molar-refractivity contribution is -0.113. The summed E-state index contributed by atoms with van der Waals surface area (Å²) in [5, 5.41) is 15.0. The van der Waals surface area contributed by atoms with Crippen LogP contribution in [0.4, 0.5) is 5.13 Å². The second-order valence-electron chi connectivity index (χ2n) is 8.67. The molecule has 1 aliphatic carbocycles. The normalized spacial score (nSPS) is 14.6. The number of rotatable bonds is 8. The van der Waals surface area contributed by atoms with Crippen LogP contribution in [0.5, 0.6) is 0 Å². The van der Waals surface area contributed by atoms with Crippen molar-refractivity contribution in [1.29, 1.82) is 0 Å².